The molecule has 0 spiro atoms. The predicted octanol–water partition coefficient (Wildman–Crippen LogP) is 3.80. The van der Waals surface area contributed by atoms with E-state index in [0.717, 1.165) is 44.5 Å². The van der Waals surface area contributed by atoms with Crippen molar-refractivity contribution in [2.24, 2.45) is 5.11 Å². The molecule has 160 valence electrons. The maximum atomic E-state index is 12.5. The molecule has 0 saturated carbocycles. The fourth-order valence-corrected chi connectivity index (χ4v) is 2.83. The zero-order valence-corrected chi connectivity index (χ0v) is 17.0. The van der Waals surface area contributed by atoms with E-state index in [9.17, 15) is 19.5 Å². The van der Waals surface area contributed by atoms with E-state index in [2.05, 4.69) is 29.2 Å². The number of anilines is 1. The zero-order chi connectivity index (χ0) is 21.8. The highest BCUT2D eigenvalue weighted by Gasteiger charge is 2.23. The molecule has 0 saturated heterocycles. The molecule has 0 aliphatic carbocycles. The third kappa shape index (κ3) is 7.89. The number of carbonyl (C=O) groups excluding carboxylic acids is 1. The summed E-state index contributed by atoms with van der Waals surface area (Å²) in [7, 11) is 0. The molecule has 1 unspecified atom stereocenters. The molecule has 1 amide bonds. The number of nitrogens with one attached hydrogen (secondary N) is 2. The minimum Gasteiger partial charge on any atom is -0.481 e. The summed E-state index contributed by atoms with van der Waals surface area (Å²) < 4.78 is 0. The van der Waals surface area contributed by atoms with Crippen molar-refractivity contribution in [1.82, 2.24) is 5.32 Å². The van der Waals surface area contributed by atoms with Gasteiger partial charge in [-0.05, 0) is 37.5 Å². The van der Waals surface area contributed by atoms with E-state index in [4.69, 9.17) is 10.6 Å². The Morgan fingerprint density at radius 1 is 1.14 bits per heavy atom. The number of aliphatic carboxylic acids is 2. The number of carbonyl (C=O) groups is 3. The standard InChI is InChI=1S/C20H30N4O5/c1-3-5-11-24(12-6-4-2)14-7-8-15(17(13-14)23-21)19(27)22-16(20(28)29)9-10-18(25)26/h7-8,13,16,21H,3-6,9-12H2,1-2H3,(H,22,27)(H,25,26)(H,28,29). The van der Waals surface area contributed by atoms with Gasteiger partial charge in [0.25, 0.3) is 5.91 Å². The molecule has 9 nitrogen and oxygen atoms in total. The lowest BCUT2D eigenvalue weighted by Crippen LogP contribution is -2.41. The van der Waals surface area contributed by atoms with Crippen molar-refractivity contribution < 1.29 is 24.6 Å². The molecule has 9 heteroatoms. The SMILES string of the molecule is CCCCN(CCCC)c1ccc(C(=O)NC(CCC(=O)O)C(=O)O)c(N=N)c1. The summed E-state index contributed by atoms with van der Waals surface area (Å²) in [6.45, 7) is 5.93. The van der Waals surface area contributed by atoms with E-state index < -0.39 is 23.9 Å². The topological polar surface area (TPSA) is 143 Å². The zero-order valence-electron chi connectivity index (χ0n) is 17.0. The summed E-state index contributed by atoms with van der Waals surface area (Å²) in [4.78, 5) is 36.7. The van der Waals surface area contributed by atoms with Gasteiger partial charge in [0.1, 0.15) is 6.04 Å². The first-order valence-electron chi connectivity index (χ1n) is 9.85. The maximum absolute atomic E-state index is 12.5. The number of carboxylic acids is 2. The molecule has 0 bridgehead atoms. The van der Waals surface area contributed by atoms with Gasteiger partial charge in [-0.1, -0.05) is 26.7 Å². The van der Waals surface area contributed by atoms with Crippen molar-refractivity contribution in [3.8, 4) is 0 Å². The van der Waals surface area contributed by atoms with Crippen LogP contribution in [0.3, 0.4) is 0 Å². The van der Waals surface area contributed by atoms with Crippen molar-refractivity contribution in [3.63, 3.8) is 0 Å². The lowest BCUT2D eigenvalue weighted by atomic mass is 10.1. The molecule has 0 radical (unpaired) electrons. The first-order chi connectivity index (χ1) is 13.8. The third-order valence-corrected chi connectivity index (χ3v) is 4.53. The number of hydrogen-bond donors (Lipinski definition) is 4. The molecular weight excluding hydrogens is 376 g/mol. The van der Waals surface area contributed by atoms with Gasteiger partial charge in [-0.15, -0.1) is 0 Å². The Balaban J connectivity index is 3.03. The minimum atomic E-state index is -1.33. The van der Waals surface area contributed by atoms with Crippen LogP contribution in [0.25, 0.3) is 0 Å². The first kappa shape index (κ1) is 24.1. The van der Waals surface area contributed by atoms with E-state index in [1.165, 1.54) is 6.07 Å². The number of benzene rings is 1. The Morgan fingerprint density at radius 3 is 2.24 bits per heavy atom. The van der Waals surface area contributed by atoms with Crippen molar-refractivity contribution in [2.75, 3.05) is 18.0 Å². The minimum absolute atomic E-state index is 0.0799. The van der Waals surface area contributed by atoms with E-state index in [1.807, 2.05) is 0 Å². The van der Waals surface area contributed by atoms with Crippen LogP contribution >= 0.6 is 0 Å². The highest BCUT2D eigenvalue weighted by molar-refractivity contribution is 6.01. The van der Waals surface area contributed by atoms with E-state index >= 15 is 0 Å². The molecule has 0 heterocycles. The number of rotatable bonds is 14. The molecule has 29 heavy (non-hydrogen) atoms. The smallest absolute Gasteiger partial charge is 0.326 e. The fourth-order valence-electron chi connectivity index (χ4n) is 2.83. The van der Waals surface area contributed by atoms with Crippen LogP contribution in [0.1, 0.15) is 62.7 Å². The lowest BCUT2D eigenvalue weighted by Gasteiger charge is -2.25. The van der Waals surface area contributed by atoms with Gasteiger partial charge in [0.15, 0.2) is 0 Å². The Bertz CT molecular complexity index is 715. The molecule has 1 aromatic carbocycles. The fraction of sp³-hybridized carbons (Fsp3) is 0.550. The van der Waals surface area contributed by atoms with Crippen LogP contribution < -0.4 is 10.2 Å². The molecule has 1 aromatic rings. The van der Waals surface area contributed by atoms with Crippen LogP contribution in [0.4, 0.5) is 11.4 Å². The second-order valence-corrected chi connectivity index (χ2v) is 6.80. The monoisotopic (exact) mass is 406 g/mol. The van der Waals surface area contributed by atoms with Gasteiger partial charge in [-0.2, -0.15) is 5.11 Å². The van der Waals surface area contributed by atoms with E-state index in [-0.39, 0.29) is 24.1 Å². The van der Waals surface area contributed by atoms with Crippen LogP contribution in [-0.2, 0) is 9.59 Å². The molecule has 1 atom stereocenters. The molecule has 0 aromatic heterocycles. The van der Waals surface area contributed by atoms with E-state index in [1.54, 1.807) is 12.1 Å². The summed E-state index contributed by atoms with van der Waals surface area (Å²) in [6.07, 6.45) is 3.52. The van der Waals surface area contributed by atoms with Crippen LogP contribution in [-0.4, -0.2) is 47.2 Å². The largest absolute Gasteiger partial charge is 0.481 e. The first-order valence-corrected chi connectivity index (χ1v) is 9.85. The van der Waals surface area contributed by atoms with Gasteiger partial charge in [-0.3, -0.25) is 9.59 Å². The van der Waals surface area contributed by atoms with Gasteiger partial charge in [0, 0.05) is 25.2 Å². The number of nitrogens with zero attached hydrogens (tertiary/aromatic N) is 2. The van der Waals surface area contributed by atoms with Crippen molar-refractivity contribution >= 4 is 29.2 Å². The van der Waals surface area contributed by atoms with Crippen molar-refractivity contribution in [2.45, 2.75) is 58.4 Å². The molecule has 4 N–H and O–H groups in total. The van der Waals surface area contributed by atoms with Crippen LogP contribution in [0.2, 0.25) is 0 Å². The number of carboxylic acid groups (broad SMARTS) is 2. The Kier molecular flexibility index (Phi) is 10.4. The average Bonchev–Trinajstić information content (AvgIpc) is 2.70. The van der Waals surface area contributed by atoms with Gasteiger partial charge in [0.05, 0.1) is 11.3 Å². The summed E-state index contributed by atoms with van der Waals surface area (Å²) in [5, 5.41) is 23.7. The van der Waals surface area contributed by atoms with Crippen LogP contribution in [0, 0.1) is 5.53 Å². The highest BCUT2D eigenvalue weighted by Crippen LogP contribution is 2.27. The lowest BCUT2D eigenvalue weighted by molar-refractivity contribution is -0.140. The second kappa shape index (κ2) is 12.5. The molecule has 0 aliphatic rings. The average molecular weight is 406 g/mol. The molecule has 0 fully saturated rings. The Morgan fingerprint density at radius 2 is 1.76 bits per heavy atom. The Hall–Kier alpha value is -2.97. The third-order valence-electron chi connectivity index (χ3n) is 4.53. The van der Waals surface area contributed by atoms with Crippen LogP contribution in [0.5, 0.6) is 0 Å². The summed E-state index contributed by atoms with van der Waals surface area (Å²) in [6, 6.07) is 3.61. The van der Waals surface area contributed by atoms with Crippen molar-refractivity contribution in [1.29, 1.82) is 5.53 Å². The van der Waals surface area contributed by atoms with Gasteiger partial charge < -0.3 is 20.4 Å². The van der Waals surface area contributed by atoms with Gasteiger partial charge in [-0.25, -0.2) is 10.3 Å². The number of amides is 1. The molecular formula is C20H30N4O5. The second-order valence-electron chi connectivity index (χ2n) is 6.80. The maximum Gasteiger partial charge on any atom is 0.326 e. The quantitative estimate of drug-likeness (QED) is 0.346. The summed E-state index contributed by atoms with van der Waals surface area (Å²) in [5.41, 5.74) is 8.50. The number of unbranched alkanes of at least 4 members (excludes halogenated alkanes) is 2. The Labute approximate surface area is 170 Å². The molecule has 0 aliphatic heterocycles. The predicted molar refractivity (Wildman–Crippen MR) is 109 cm³/mol. The van der Waals surface area contributed by atoms with Gasteiger partial charge >= 0.3 is 11.9 Å². The van der Waals surface area contributed by atoms with Crippen LogP contribution in [0.15, 0.2) is 23.3 Å². The van der Waals surface area contributed by atoms with E-state index in [0.29, 0.717) is 0 Å². The summed E-state index contributed by atoms with van der Waals surface area (Å²) >= 11 is 0. The number of hydrogen-bond acceptors (Lipinski definition) is 6. The highest BCUT2D eigenvalue weighted by atomic mass is 16.4. The normalized spacial score (nSPS) is 11.5. The van der Waals surface area contributed by atoms with Gasteiger partial charge in [0.2, 0.25) is 0 Å². The summed E-state index contributed by atoms with van der Waals surface area (Å²) in [5.74, 6) is -3.16. The molecule has 1 rings (SSSR count). The van der Waals surface area contributed by atoms with Crippen molar-refractivity contribution in [3.05, 3.63) is 23.8 Å².